The number of rotatable bonds is 1. The number of benzene rings is 1. The van der Waals surface area contributed by atoms with E-state index in [1.54, 1.807) is 16.5 Å². The predicted octanol–water partition coefficient (Wildman–Crippen LogP) is 2.59. The fourth-order valence-corrected chi connectivity index (χ4v) is 3.02. The monoisotopic (exact) mass is 317 g/mol. The minimum absolute atomic E-state index is 0.112. The normalized spacial score (nSPS) is 18.6. The molecule has 1 aromatic heterocycles. The maximum Gasteiger partial charge on any atom is 0.410 e. The second-order valence-corrected chi connectivity index (χ2v) is 7.18. The van der Waals surface area contributed by atoms with Crippen molar-refractivity contribution in [1.82, 2.24) is 14.5 Å². The van der Waals surface area contributed by atoms with Crippen molar-refractivity contribution in [2.75, 3.05) is 13.1 Å². The zero-order valence-corrected chi connectivity index (χ0v) is 14.0. The van der Waals surface area contributed by atoms with E-state index in [2.05, 4.69) is 4.98 Å². The van der Waals surface area contributed by atoms with Crippen LogP contribution in [-0.4, -0.2) is 39.2 Å². The van der Waals surface area contributed by atoms with Crippen molar-refractivity contribution in [2.24, 2.45) is 7.05 Å². The molecule has 1 saturated heterocycles. The number of nitrogens with one attached hydrogen (secondary N) is 1. The molecule has 0 aliphatic carbocycles. The van der Waals surface area contributed by atoms with Crippen LogP contribution in [-0.2, 0) is 11.8 Å². The van der Waals surface area contributed by atoms with Crippen LogP contribution in [0.15, 0.2) is 23.0 Å². The standard InChI is InChI=1S/C17H23N3O3/c1-17(2,3)23-16(22)20-8-7-12(10-20)11-5-6-13-14(9-11)19(4)15(21)18-13/h5-6,9,12H,7-8,10H2,1-4H3,(H,18,21)/t12-/m1/s1. The molecule has 124 valence electrons. The minimum atomic E-state index is -0.475. The van der Waals surface area contributed by atoms with Gasteiger partial charge in [-0.1, -0.05) is 6.07 Å². The van der Waals surface area contributed by atoms with Crippen LogP contribution in [0.25, 0.3) is 11.0 Å². The molecule has 0 bridgehead atoms. The first-order valence-corrected chi connectivity index (χ1v) is 7.91. The van der Waals surface area contributed by atoms with Crippen molar-refractivity contribution in [1.29, 1.82) is 0 Å². The summed E-state index contributed by atoms with van der Waals surface area (Å²) in [5, 5.41) is 0. The van der Waals surface area contributed by atoms with Crippen LogP contribution < -0.4 is 5.69 Å². The van der Waals surface area contributed by atoms with E-state index in [9.17, 15) is 9.59 Å². The summed E-state index contributed by atoms with van der Waals surface area (Å²) in [5.41, 5.74) is 2.29. The van der Waals surface area contributed by atoms with Crippen molar-refractivity contribution < 1.29 is 9.53 Å². The lowest BCUT2D eigenvalue weighted by molar-refractivity contribution is 0.0292. The fourth-order valence-electron chi connectivity index (χ4n) is 3.02. The Morgan fingerprint density at radius 2 is 2.09 bits per heavy atom. The number of hydrogen-bond donors (Lipinski definition) is 1. The summed E-state index contributed by atoms with van der Waals surface area (Å²) in [6, 6.07) is 6.00. The molecule has 23 heavy (non-hydrogen) atoms. The zero-order valence-electron chi connectivity index (χ0n) is 14.0. The van der Waals surface area contributed by atoms with Gasteiger partial charge in [-0.05, 0) is 44.9 Å². The summed E-state index contributed by atoms with van der Waals surface area (Å²) in [6.07, 6.45) is 0.651. The molecule has 0 unspecified atom stereocenters. The van der Waals surface area contributed by atoms with Crippen LogP contribution in [0.2, 0.25) is 0 Å². The van der Waals surface area contributed by atoms with Crippen LogP contribution in [0.5, 0.6) is 0 Å². The number of aromatic amines is 1. The molecule has 2 heterocycles. The maximum absolute atomic E-state index is 12.2. The van der Waals surface area contributed by atoms with Crippen molar-refractivity contribution in [3.05, 3.63) is 34.2 Å². The molecule has 0 saturated carbocycles. The number of carbonyl (C=O) groups excluding carboxylic acids is 1. The molecule has 1 aromatic carbocycles. The summed E-state index contributed by atoms with van der Waals surface area (Å²) in [7, 11) is 1.76. The summed E-state index contributed by atoms with van der Waals surface area (Å²) in [6.45, 7) is 6.97. The summed E-state index contributed by atoms with van der Waals surface area (Å²) < 4.78 is 7.05. The van der Waals surface area contributed by atoms with E-state index >= 15 is 0 Å². The van der Waals surface area contributed by atoms with Gasteiger partial charge >= 0.3 is 11.8 Å². The molecule has 1 atom stereocenters. The second kappa shape index (κ2) is 5.44. The lowest BCUT2D eigenvalue weighted by Gasteiger charge is -2.24. The van der Waals surface area contributed by atoms with Crippen LogP contribution in [0, 0.1) is 0 Å². The second-order valence-electron chi connectivity index (χ2n) is 7.18. The molecule has 1 amide bonds. The first-order valence-electron chi connectivity index (χ1n) is 7.91. The average molecular weight is 317 g/mol. The Kier molecular flexibility index (Phi) is 3.70. The SMILES string of the molecule is Cn1c(=O)[nH]c2ccc([C@@H]3CCN(C(=O)OC(C)(C)C)C3)cc21. The number of fused-ring (bicyclic) bond motifs is 1. The Hall–Kier alpha value is -2.24. The Morgan fingerprint density at radius 3 is 2.78 bits per heavy atom. The Labute approximate surface area is 135 Å². The van der Waals surface area contributed by atoms with Crippen molar-refractivity contribution in [3.63, 3.8) is 0 Å². The number of likely N-dealkylation sites (tertiary alicyclic amines) is 1. The van der Waals surface area contributed by atoms with Crippen molar-refractivity contribution in [2.45, 2.75) is 38.7 Å². The number of amides is 1. The van der Waals surface area contributed by atoms with Gasteiger partial charge in [0.25, 0.3) is 0 Å². The molecule has 0 radical (unpaired) electrons. The zero-order chi connectivity index (χ0) is 16.8. The lowest BCUT2D eigenvalue weighted by atomic mass is 9.98. The van der Waals surface area contributed by atoms with Crippen molar-refractivity contribution in [3.8, 4) is 0 Å². The van der Waals surface area contributed by atoms with E-state index in [4.69, 9.17) is 4.74 Å². The molecular weight excluding hydrogens is 294 g/mol. The van der Waals surface area contributed by atoms with Gasteiger partial charge < -0.3 is 14.6 Å². The molecule has 1 aliphatic rings. The number of imidazole rings is 1. The fraction of sp³-hybridized carbons (Fsp3) is 0.529. The third-order valence-corrected chi connectivity index (χ3v) is 4.24. The summed E-state index contributed by atoms with van der Waals surface area (Å²) in [5.74, 6) is 0.275. The summed E-state index contributed by atoms with van der Waals surface area (Å²) >= 11 is 0. The molecule has 3 rings (SSSR count). The highest BCUT2D eigenvalue weighted by Gasteiger charge is 2.30. The number of ether oxygens (including phenoxy) is 1. The third-order valence-electron chi connectivity index (χ3n) is 4.24. The minimum Gasteiger partial charge on any atom is -0.444 e. The highest BCUT2D eigenvalue weighted by Crippen LogP contribution is 2.29. The molecule has 1 aliphatic heterocycles. The van der Waals surface area contributed by atoms with Gasteiger partial charge in [-0.15, -0.1) is 0 Å². The highest BCUT2D eigenvalue weighted by molar-refractivity contribution is 5.76. The van der Waals surface area contributed by atoms with E-state index < -0.39 is 5.60 Å². The average Bonchev–Trinajstić information content (AvgIpc) is 3.04. The maximum atomic E-state index is 12.2. The number of H-pyrrole nitrogens is 1. The lowest BCUT2D eigenvalue weighted by Crippen LogP contribution is -2.35. The largest absolute Gasteiger partial charge is 0.444 e. The van der Waals surface area contributed by atoms with Gasteiger partial charge in [-0.3, -0.25) is 4.57 Å². The van der Waals surface area contributed by atoms with E-state index in [-0.39, 0.29) is 17.7 Å². The van der Waals surface area contributed by atoms with Crippen LogP contribution in [0.4, 0.5) is 4.79 Å². The number of nitrogens with zero attached hydrogens (tertiary/aromatic N) is 2. The van der Waals surface area contributed by atoms with Gasteiger partial charge in [-0.25, -0.2) is 9.59 Å². The van der Waals surface area contributed by atoms with Gasteiger partial charge in [0.15, 0.2) is 0 Å². The first kappa shape index (κ1) is 15.6. The molecule has 6 nitrogen and oxygen atoms in total. The van der Waals surface area contributed by atoms with E-state index in [0.29, 0.717) is 13.1 Å². The predicted molar refractivity (Wildman–Crippen MR) is 88.7 cm³/mol. The number of aryl methyl sites for hydroxylation is 1. The van der Waals surface area contributed by atoms with E-state index in [1.165, 1.54) is 0 Å². The van der Waals surface area contributed by atoms with Gasteiger partial charge in [-0.2, -0.15) is 0 Å². The number of hydrogen-bond acceptors (Lipinski definition) is 3. The summed E-state index contributed by atoms with van der Waals surface area (Å²) in [4.78, 5) is 28.4. The Bertz CT molecular complexity index is 797. The van der Waals surface area contributed by atoms with E-state index in [1.807, 2.05) is 39.0 Å². The smallest absolute Gasteiger partial charge is 0.410 e. The Balaban J connectivity index is 1.78. The molecule has 1 fully saturated rings. The van der Waals surface area contributed by atoms with Gasteiger partial charge in [0.2, 0.25) is 0 Å². The van der Waals surface area contributed by atoms with Crippen LogP contribution in [0.3, 0.4) is 0 Å². The van der Waals surface area contributed by atoms with Gasteiger partial charge in [0.05, 0.1) is 11.0 Å². The quantitative estimate of drug-likeness (QED) is 0.879. The third kappa shape index (κ3) is 3.11. The topological polar surface area (TPSA) is 67.3 Å². The van der Waals surface area contributed by atoms with E-state index in [0.717, 1.165) is 23.0 Å². The molecule has 2 aromatic rings. The Morgan fingerprint density at radius 1 is 1.35 bits per heavy atom. The van der Waals surface area contributed by atoms with Crippen LogP contribution in [0.1, 0.15) is 38.7 Å². The molecule has 6 heteroatoms. The highest BCUT2D eigenvalue weighted by atomic mass is 16.6. The first-order chi connectivity index (χ1) is 10.7. The number of carbonyl (C=O) groups is 1. The van der Waals surface area contributed by atoms with Gasteiger partial charge in [0.1, 0.15) is 5.60 Å². The number of aromatic nitrogens is 2. The molecular formula is C17H23N3O3. The van der Waals surface area contributed by atoms with Crippen LogP contribution >= 0.6 is 0 Å². The molecule has 0 spiro atoms. The van der Waals surface area contributed by atoms with Crippen molar-refractivity contribution >= 4 is 17.1 Å². The van der Waals surface area contributed by atoms with Gasteiger partial charge in [0, 0.05) is 26.1 Å². The molecule has 1 N–H and O–H groups in total.